The summed E-state index contributed by atoms with van der Waals surface area (Å²) in [7, 11) is 0. The molecule has 1 fully saturated rings. The van der Waals surface area contributed by atoms with E-state index in [0.29, 0.717) is 15.6 Å². The van der Waals surface area contributed by atoms with Crippen molar-refractivity contribution in [2.45, 2.75) is 6.18 Å². The number of alkyl halides is 3. The summed E-state index contributed by atoms with van der Waals surface area (Å²) in [5.41, 5.74) is -0.152. The molecular formula is C17H8Cl2F3NOS2. The summed E-state index contributed by atoms with van der Waals surface area (Å²) in [6, 6.07) is 9.32. The van der Waals surface area contributed by atoms with Gasteiger partial charge >= 0.3 is 6.18 Å². The number of thiocarbonyl (C=S) groups is 1. The van der Waals surface area contributed by atoms with Crippen molar-refractivity contribution in [3.05, 3.63) is 68.5 Å². The molecule has 0 radical (unpaired) electrons. The minimum atomic E-state index is -4.51. The lowest BCUT2D eigenvalue weighted by Crippen LogP contribution is -2.27. The van der Waals surface area contributed by atoms with E-state index in [1.807, 2.05) is 0 Å². The van der Waals surface area contributed by atoms with Gasteiger partial charge in [-0.25, -0.2) is 0 Å². The highest BCUT2D eigenvalue weighted by atomic mass is 35.5. The first kappa shape index (κ1) is 19.2. The summed E-state index contributed by atoms with van der Waals surface area (Å²) in [4.78, 5) is 14.0. The molecule has 2 nitrogen and oxygen atoms in total. The topological polar surface area (TPSA) is 20.3 Å². The molecule has 0 spiro atoms. The van der Waals surface area contributed by atoms with Gasteiger partial charge in [-0.15, -0.1) is 0 Å². The lowest BCUT2D eigenvalue weighted by molar-refractivity contribution is -0.137. The summed E-state index contributed by atoms with van der Waals surface area (Å²) >= 11 is 18.0. The molecule has 26 heavy (non-hydrogen) atoms. The average molecular weight is 434 g/mol. The number of hydrogen-bond acceptors (Lipinski definition) is 3. The molecule has 1 aliphatic rings. The van der Waals surface area contributed by atoms with Crippen LogP contribution in [0.2, 0.25) is 10.0 Å². The van der Waals surface area contributed by atoms with Crippen molar-refractivity contribution in [1.29, 1.82) is 0 Å². The van der Waals surface area contributed by atoms with E-state index in [-0.39, 0.29) is 14.9 Å². The van der Waals surface area contributed by atoms with Crippen molar-refractivity contribution in [2.75, 3.05) is 4.90 Å². The van der Waals surface area contributed by atoms with Crippen molar-refractivity contribution in [1.82, 2.24) is 0 Å². The van der Waals surface area contributed by atoms with E-state index in [2.05, 4.69) is 0 Å². The molecule has 0 saturated carbocycles. The molecule has 2 aromatic carbocycles. The second kappa shape index (κ2) is 7.23. The number of hydrogen-bond donors (Lipinski definition) is 0. The maximum absolute atomic E-state index is 12.9. The third kappa shape index (κ3) is 3.91. The largest absolute Gasteiger partial charge is 0.416 e. The maximum atomic E-state index is 12.9. The molecular weight excluding hydrogens is 426 g/mol. The van der Waals surface area contributed by atoms with E-state index >= 15 is 0 Å². The van der Waals surface area contributed by atoms with Gasteiger partial charge in [-0.1, -0.05) is 59.3 Å². The van der Waals surface area contributed by atoms with Crippen LogP contribution in [0.1, 0.15) is 11.1 Å². The Balaban J connectivity index is 1.94. The summed E-state index contributed by atoms with van der Waals surface area (Å²) in [5, 5.41) is 0.703. The summed E-state index contributed by atoms with van der Waals surface area (Å²) < 4.78 is 38.9. The van der Waals surface area contributed by atoms with Gasteiger partial charge in [0.15, 0.2) is 4.32 Å². The molecule has 0 bridgehead atoms. The van der Waals surface area contributed by atoms with E-state index in [1.54, 1.807) is 24.3 Å². The second-order valence-electron chi connectivity index (χ2n) is 5.24. The highest BCUT2D eigenvalue weighted by Gasteiger charge is 2.36. The van der Waals surface area contributed by atoms with E-state index in [0.717, 1.165) is 28.8 Å². The first-order chi connectivity index (χ1) is 12.2. The monoisotopic (exact) mass is 433 g/mol. The number of halogens is 5. The Hall–Kier alpha value is -1.54. The minimum Gasteiger partial charge on any atom is -0.268 e. The third-order valence-corrected chi connectivity index (χ3v) is 5.51. The molecule has 1 heterocycles. The number of anilines is 1. The van der Waals surface area contributed by atoms with Crippen molar-refractivity contribution < 1.29 is 18.0 Å². The molecule has 134 valence electrons. The van der Waals surface area contributed by atoms with Crippen LogP contribution in [-0.2, 0) is 11.0 Å². The van der Waals surface area contributed by atoms with Gasteiger partial charge in [0.05, 0.1) is 26.2 Å². The molecule has 0 aliphatic carbocycles. The van der Waals surface area contributed by atoms with E-state index in [1.165, 1.54) is 12.1 Å². The fourth-order valence-electron chi connectivity index (χ4n) is 2.27. The third-order valence-electron chi connectivity index (χ3n) is 3.47. The van der Waals surface area contributed by atoms with Gasteiger partial charge in [0.1, 0.15) is 0 Å². The van der Waals surface area contributed by atoms with Gasteiger partial charge in [0, 0.05) is 0 Å². The van der Waals surface area contributed by atoms with Gasteiger partial charge in [-0.05, 0) is 42.0 Å². The Morgan fingerprint density at radius 2 is 1.81 bits per heavy atom. The molecule has 1 saturated heterocycles. The van der Waals surface area contributed by atoms with Crippen molar-refractivity contribution in [2.24, 2.45) is 0 Å². The van der Waals surface area contributed by atoms with Gasteiger partial charge in [-0.3, -0.25) is 9.69 Å². The first-order valence-electron chi connectivity index (χ1n) is 7.07. The van der Waals surface area contributed by atoms with Gasteiger partial charge in [0.2, 0.25) is 0 Å². The number of thioether (sulfide) groups is 1. The fourth-order valence-corrected chi connectivity index (χ4v) is 3.87. The lowest BCUT2D eigenvalue weighted by atomic mass is 10.1. The highest BCUT2D eigenvalue weighted by molar-refractivity contribution is 8.27. The SMILES string of the molecule is O=C1/C(=C\c2ccc(Cl)c(Cl)c2)SC(=S)N1c1cccc(C(F)(F)F)c1. The number of carbonyl (C=O) groups is 1. The van der Waals surface area contributed by atoms with Crippen LogP contribution in [0.25, 0.3) is 6.08 Å². The first-order valence-corrected chi connectivity index (χ1v) is 9.05. The zero-order chi connectivity index (χ0) is 19.1. The molecule has 1 amide bonds. The van der Waals surface area contributed by atoms with Crippen LogP contribution in [0.15, 0.2) is 47.4 Å². The lowest BCUT2D eigenvalue weighted by Gasteiger charge is -2.16. The number of amides is 1. The molecule has 2 aromatic rings. The molecule has 1 aliphatic heterocycles. The minimum absolute atomic E-state index is 0.0693. The molecule has 0 unspecified atom stereocenters. The van der Waals surface area contributed by atoms with Crippen LogP contribution in [-0.4, -0.2) is 10.2 Å². The Bertz CT molecular complexity index is 944. The molecule has 9 heteroatoms. The van der Waals surface area contributed by atoms with E-state index in [4.69, 9.17) is 35.4 Å². The number of benzene rings is 2. The van der Waals surface area contributed by atoms with Crippen LogP contribution in [0.3, 0.4) is 0 Å². The van der Waals surface area contributed by atoms with Crippen molar-refractivity contribution in [3.8, 4) is 0 Å². The van der Waals surface area contributed by atoms with Crippen LogP contribution >= 0.6 is 47.2 Å². The summed E-state index contributed by atoms with van der Waals surface area (Å²) in [6.45, 7) is 0. The Kier molecular flexibility index (Phi) is 5.35. The van der Waals surface area contributed by atoms with Crippen LogP contribution in [0.5, 0.6) is 0 Å². The van der Waals surface area contributed by atoms with Crippen molar-refractivity contribution in [3.63, 3.8) is 0 Å². The predicted molar refractivity (Wildman–Crippen MR) is 104 cm³/mol. The second-order valence-corrected chi connectivity index (χ2v) is 7.73. The molecule has 3 rings (SSSR count). The van der Waals surface area contributed by atoms with Gasteiger partial charge in [-0.2, -0.15) is 13.2 Å². The normalized spacial score (nSPS) is 16.7. The number of nitrogens with zero attached hydrogens (tertiary/aromatic N) is 1. The summed E-state index contributed by atoms with van der Waals surface area (Å²) in [6.07, 6.45) is -2.94. The predicted octanol–water partition coefficient (Wildman–Crippen LogP) is 6.42. The molecule has 0 aromatic heterocycles. The summed E-state index contributed by atoms with van der Waals surface area (Å²) in [5.74, 6) is -0.495. The Morgan fingerprint density at radius 3 is 2.46 bits per heavy atom. The van der Waals surface area contributed by atoms with Gasteiger partial charge < -0.3 is 0 Å². The van der Waals surface area contributed by atoms with E-state index in [9.17, 15) is 18.0 Å². The molecule has 0 atom stereocenters. The standard InChI is InChI=1S/C17H8Cl2F3NOS2/c18-12-5-4-9(6-13(12)19)7-14-15(24)23(16(25)26-14)11-3-1-2-10(8-11)17(20,21)22/h1-8H/b14-7+. The number of rotatable bonds is 2. The zero-order valence-corrected chi connectivity index (χ0v) is 15.8. The zero-order valence-electron chi connectivity index (χ0n) is 12.7. The van der Waals surface area contributed by atoms with Gasteiger partial charge in [0.25, 0.3) is 5.91 Å². The Morgan fingerprint density at radius 1 is 1.08 bits per heavy atom. The van der Waals surface area contributed by atoms with Crippen LogP contribution in [0, 0.1) is 0 Å². The Labute approximate surface area is 166 Å². The quantitative estimate of drug-likeness (QED) is 0.402. The fraction of sp³-hybridized carbons (Fsp3) is 0.0588. The maximum Gasteiger partial charge on any atom is 0.416 e. The van der Waals surface area contributed by atoms with Crippen LogP contribution < -0.4 is 4.90 Å². The highest BCUT2D eigenvalue weighted by Crippen LogP contribution is 2.38. The smallest absolute Gasteiger partial charge is 0.268 e. The number of carbonyl (C=O) groups excluding carboxylic acids is 1. The van der Waals surface area contributed by atoms with Crippen molar-refractivity contribution >= 4 is 69.2 Å². The average Bonchev–Trinajstić information content (AvgIpc) is 2.84. The van der Waals surface area contributed by atoms with Crippen LogP contribution in [0.4, 0.5) is 18.9 Å². The molecule has 0 N–H and O–H groups in total. The van der Waals surface area contributed by atoms with E-state index < -0.39 is 17.6 Å².